The monoisotopic (exact) mass is 348 g/mol. The van der Waals surface area contributed by atoms with E-state index in [1.165, 1.54) is 11.3 Å². The second-order valence-corrected chi connectivity index (χ2v) is 6.50. The summed E-state index contributed by atoms with van der Waals surface area (Å²) in [5.74, 6) is 0.684. The van der Waals surface area contributed by atoms with Gasteiger partial charge in [-0.1, -0.05) is 48.5 Å². The predicted octanol–water partition coefficient (Wildman–Crippen LogP) is 4.61. The summed E-state index contributed by atoms with van der Waals surface area (Å²) in [5.41, 5.74) is 5.50. The Balaban J connectivity index is 1.58. The number of thiazole rings is 1. The van der Waals surface area contributed by atoms with Crippen molar-refractivity contribution in [2.24, 2.45) is 0 Å². The highest BCUT2D eigenvalue weighted by Gasteiger charge is 2.16. The first-order valence-corrected chi connectivity index (χ1v) is 8.92. The van der Waals surface area contributed by atoms with Gasteiger partial charge in [-0.2, -0.15) is 0 Å². The summed E-state index contributed by atoms with van der Waals surface area (Å²) in [6, 6.07) is 17.6. The molecule has 0 aliphatic carbocycles. The van der Waals surface area contributed by atoms with Crippen LogP contribution in [0.3, 0.4) is 0 Å². The molecule has 1 aliphatic heterocycles. The van der Waals surface area contributed by atoms with Crippen LogP contribution >= 0.6 is 11.3 Å². The molecule has 4 nitrogen and oxygen atoms in total. The average molecular weight is 348 g/mol. The van der Waals surface area contributed by atoms with E-state index in [0.29, 0.717) is 6.61 Å². The Hall–Kier alpha value is -2.92. The second-order valence-electron chi connectivity index (χ2n) is 5.65. The van der Waals surface area contributed by atoms with Crippen molar-refractivity contribution in [2.45, 2.75) is 6.42 Å². The molecule has 2 aromatic carbocycles. The van der Waals surface area contributed by atoms with E-state index in [0.717, 1.165) is 39.6 Å². The van der Waals surface area contributed by atoms with Gasteiger partial charge in [0.1, 0.15) is 16.4 Å². The third-order valence-electron chi connectivity index (χ3n) is 4.02. The van der Waals surface area contributed by atoms with E-state index < -0.39 is 0 Å². The molecule has 0 fully saturated rings. The van der Waals surface area contributed by atoms with Gasteiger partial charge in [0, 0.05) is 23.6 Å². The van der Waals surface area contributed by atoms with Crippen LogP contribution in [0.1, 0.15) is 12.0 Å². The number of ether oxygens (including phenoxy) is 1. The zero-order valence-electron chi connectivity index (χ0n) is 13.4. The van der Waals surface area contributed by atoms with E-state index >= 15 is 0 Å². The van der Waals surface area contributed by atoms with Crippen LogP contribution in [-0.2, 0) is 4.79 Å². The number of carbonyl (C=O) groups is 1. The summed E-state index contributed by atoms with van der Waals surface area (Å²) >= 11 is 1.42. The van der Waals surface area contributed by atoms with Gasteiger partial charge in [-0.3, -0.25) is 4.79 Å². The van der Waals surface area contributed by atoms with Crippen LogP contribution < -0.4 is 10.1 Å². The Morgan fingerprint density at radius 3 is 2.80 bits per heavy atom. The number of benzene rings is 2. The highest BCUT2D eigenvalue weighted by atomic mass is 32.1. The number of nitrogens with one attached hydrogen (secondary N) is 1. The number of hydrogen-bond acceptors (Lipinski definition) is 4. The molecule has 0 unspecified atom stereocenters. The van der Waals surface area contributed by atoms with Gasteiger partial charge in [-0.05, 0) is 11.6 Å². The lowest BCUT2D eigenvalue weighted by molar-refractivity contribution is -0.111. The van der Waals surface area contributed by atoms with Crippen LogP contribution in [0.2, 0.25) is 0 Å². The van der Waals surface area contributed by atoms with Crippen molar-refractivity contribution < 1.29 is 9.53 Å². The number of amides is 1. The number of fused-ring (bicyclic) bond motifs is 1. The first kappa shape index (κ1) is 15.6. The highest BCUT2D eigenvalue weighted by molar-refractivity contribution is 7.14. The standard InChI is InChI=1S/C20H16N2O2S/c23-18(12-15-10-11-24-17-9-5-4-8-16(15)17)22-20-19(21-13-25-20)14-6-2-1-3-7-14/h1-9,12-13H,10-11H2,(H,22,23). The average Bonchev–Trinajstić information content (AvgIpc) is 3.11. The summed E-state index contributed by atoms with van der Waals surface area (Å²) < 4.78 is 5.64. The minimum Gasteiger partial charge on any atom is -0.493 e. The molecule has 1 aliphatic rings. The van der Waals surface area contributed by atoms with E-state index in [9.17, 15) is 4.79 Å². The van der Waals surface area contributed by atoms with Gasteiger partial charge in [0.2, 0.25) is 5.91 Å². The van der Waals surface area contributed by atoms with Crippen molar-refractivity contribution in [3.8, 4) is 17.0 Å². The minimum absolute atomic E-state index is 0.145. The second kappa shape index (κ2) is 6.91. The number of aromatic nitrogens is 1. The number of nitrogens with zero attached hydrogens (tertiary/aromatic N) is 1. The Bertz CT molecular complexity index is 932. The van der Waals surface area contributed by atoms with Gasteiger partial charge in [0.25, 0.3) is 0 Å². The molecule has 0 radical (unpaired) electrons. The Labute approximate surface area is 149 Å². The fourth-order valence-electron chi connectivity index (χ4n) is 2.86. The van der Waals surface area contributed by atoms with Crippen molar-refractivity contribution in [2.75, 3.05) is 11.9 Å². The van der Waals surface area contributed by atoms with Crippen LogP contribution in [0.4, 0.5) is 5.00 Å². The van der Waals surface area contributed by atoms with Crippen LogP contribution in [0.25, 0.3) is 16.8 Å². The van der Waals surface area contributed by atoms with Gasteiger partial charge in [-0.25, -0.2) is 4.98 Å². The fourth-order valence-corrected chi connectivity index (χ4v) is 3.56. The molecule has 5 heteroatoms. The third kappa shape index (κ3) is 3.32. The predicted molar refractivity (Wildman–Crippen MR) is 101 cm³/mol. The number of rotatable bonds is 3. The van der Waals surface area contributed by atoms with Gasteiger partial charge in [-0.15, -0.1) is 11.3 Å². The molecule has 1 aromatic heterocycles. The first-order chi connectivity index (χ1) is 12.3. The molecular weight excluding hydrogens is 332 g/mol. The SMILES string of the molecule is O=C(C=C1CCOc2ccccc21)Nc1scnc1-c1ccccc1. The van der Waals surface area contributed by atoms with Gasteiger partial charge >= 0.3 is 0 Å². The smallest absolute Gasteiger partial charge is 0.249 e. The molecule has 3 aromatic rings. The molecular formula is C20H16N2O2S. The van der Waals surface area contributed by atoms with Crippen molar-refractivity contribution in [1.29, 1.82) is 0 Å². The molecule has 1 amide bonds. The largest absolute Gasteiger partial charge is 0.493 e. The van der Waals surface area contributed by atoms with Gasteiger partial charge in [0.15, 0.2) is 0 Å². The molecule has 2 heterocycles. The lowest BCUT2D eigenvalue weighted by Gasteiger charge is -2.19. The maximum absolute atomic E-state index is 12.5. The summed E-state index contributed by atoms with van der Waals surface area (Å²) in [5, 5.41) is 3.72. The zero-order chi connectivity index (χ0) is 17.1. The zero-order valence-corrected chi connectivity index (χ0v) is 14.3. The van der Waals surface area contributed by atoms with Gasteiger partial charge < -0.3 is 10.1 Å². The highest BCUT2D eigenvalue weighted by Crippen LogP contribution is 2.33. The van der Waals surface area contributed by atoms with Crippen molar-refractivity contribution in [3.63, 3.8) is 0 Å². The quantitative estimate of drug-likeness (QED) is 0.703. The molecule has 0 atom stereocenters. The van der Waals surface area contributed by atoms with Gasteiger partial charge in [0.05, 0.1) is 12.1 Å². The molecule has 1 N–H and O–H groups in total. The maximum atomic E-state index is 12.5. The molecule has 4 rings (SSSR count). The van der Waals surface area contributed by atoms with E-state index in [4.69, 9.17) is 4.74 Å². The van der Waals surface area contributed by atoms with Crippen molar-refractivity contribution in [3.05, 3.63) is 71.7 Å². The van der Waals surface area contributed by atoms with Crippen LogP contribution in [0, 0.1) is 0 Å². The summed E-state index contributed by atoms with van der Waals surface area (Å²) in [4.78, 5) is 16.9. The lowest BCUT2D eigenvalue weighted by Crippen LogP contribution is -2.12. The van der Waals surface area contributed by atoms with Crippen molar-refractivity contribution in [1.82, 2.24) is 4.98 Å². The Kier molecular flexibility index (Phi) is 4.31. The summed E-state index contributed by atoms with van der Waals surface area (Å²) in [7, 11) is 0. The molecule has 0 spiro atoms. The van der Waals surface area contributed by atoms with Crippen LogP contribution in [0.5, 0.6) is 5.75 Å². The number of anilines is 1. The maximum Gasteiger partial charge on any atom is 0.249 e. The number of carbonyl (C=O) groups excluding carboxylic acids is 1. The van der Waals surface area contributed by atoms with Crippen LogP contribution in [0.15, 0.2) is 66.2 Å². The number of para-hydroxylation sites is 1. The normalized spacial score (nSPS) is 14.6. The molecule has 124 valence electrons. The van der Waals surface area contributed by atoms with E-state index in [-0.39, 0.29) is 5.91 Å². The fraction of sp³-hybridized carbons (Fsp3) is 0.100. The van der Waals surface area contributed by atoms with Crippen LogP contribution in [-0.4, -0.2) is 17.5 Å². The van der Waals surface area contributed by atoms with E-state index in [1.807, 2.05) is 54.6 Å². The summed E-state index contributed by atoms with van der Waals surface area (Å²) in [6.45, 7) is 0.589. The van der Waals surface area contributed by atoms with E-state index in [2.05, 4.69) is 10.3 Å². The lowest BCUT2D eigenvalue weighted by atomic mass is 9.99. The summed E-state index contributed by atoms with van der Waals surface area (Å²) in [6.07, 6.45) is 2.38. The first-order valence-electron chi connectivity index (χ1n) is 8.04. The molecule has 25 heavy (non-hydrogen) atoms. The molecule has 0 bridgehead atoms. The Morgan fingerprint density at radius 1 is 1.12 bits per heavy atom. The molecule has 0 saturated heterocycles. The number of hydrogen-bond donors (Lipinski definition) is 1. The van der Waals surface area contributed by atoms with E-state index in [1.54, 1.807) is 11.6 Å². The third-order valence-corrected chi connectivity index (χ3v) is 4.76. The van der Waals surface area contributed by atoms with Crippen molar-refractivity contribution >= 4 is 27.8 Å². The minimum atomic E-state index is -0.145. The Morgan fingerprint density at radius 2 is 1.92 bits per heavy atom. The molecule has 0 saturated carbocycles. The topological polar surface area (TPSA) is 51.2 Å².